The van der Waals surface area contributed by atoms with Gasteiger partial charge in [-0.1, -0.05) is 41.4 Å². The minimum absolute atomic E-state index is 0.0292. The van der Waals surface area contributed by atoms with Crippen LogP contribution >= 0.6 is 23.2 Å². The zero-order valence-electron chi connectivity index (χ0n) is 13.7. The molecule has 0 spiro atoms. The van der Waals surface area contributed by atoms with Crippen LogP contribution < -0.4 is 0 Å². The summed E-state index contributed by atoms with van der Waals surface area (Å²) in [4.78, 5) is 24.4. The van der Waals surface area contributed by atoms with E-state index < -0.39 is 12.1 Å². The Morgan fingerprint density at radius 1 is 1.00 bits per heavy atom. The lowest BCUT2D eigenvalue weighted by Gasteiger charge is -2.13. The van der Waals surface area contributed by atoms with Gasteiger partial charge in [0.15, 0.2) is 6.10 Å². The van der Waals surface area contributed by atoms with Crippen LogP contribution in [0.4, 0.5) is 0 Å². The van der Waals surface area contributed by atoms with Crippen LogP contribution in [0.2, 0.25) is 10.0 Å². The van der Waals surface area contributed by atoms with Crippen molar-refractivity contribution >= 4 is 35.0 Å². The van der Waals surface area contributed by atoms with Crippen LogP contribution in [0.1, 0.15) is 34.0 Å². The van der Waals surface area contributed by atoms with Gasteiger partial charge in [-0.3, -0.25) is 9.59 Å². The van der Waals surface area contributed by atoms with Gasteiger partial charge in [0.1, 0.15) is 0 Å². The van der Waals surface area contributed by atoms with Crippen LogP contribution in [0, 0.1) is 13.8 Å². The highest BCUT2D eigenvalue weighted by atomic mass is 35.5. The largest absolute Gasteiger partial charge is 0.454 e. The fourth-order valence-corrected chi connectivity index (χ4v) is 2.56. The Morgan fingerprint density at radius 3 is 2.33 bits per heavy atom. The van der Waals surface area contributed by atoms with Crippen molar-refractivity contribution in [3.05, 3.63) is 68.7 Å². The molecule has 5 heteroatoms. The number of hydrogen-bond donors (Lipinski definition) is 0. The standard InChI is InChI=1S/C19H18Cl2O3/c1-11-4-6-15(8-12(11)2)19(23)13(3)24-18(22)10-14-5-7-16(20)17(21)9-14/h4-9,13H,10H2,1-3H3/t13-/m1/s1. The summed E-state index contributed by atoms with van der Waals surface area (Å²) in [6.45, 7) is 5.49. The molecule has 24 heavy (non-hydrogen) atoms. The second kappa shape index (κ2) is 7.82. The van der Waals surface area contributed by atoms with Gasteiger partial charge in [0.2, 0.25) is 5.78 Å². The van der Waals surface area contributed by atoms with E-state index in [1.807, 2.05) is 19.9 Å². The summed E-state index contributed by atoms with van der Waals surface area (Å²) in [5, 5.41) is 0.799. The van der Waals surface area contributed by atoms with Gasteiger partial charge in [0.05, 0.1) is 16.5 Å². The number of aryl methyl sites for hydroxylation is 2. The smallest absolute Gasteiger partial charge is 0.310 e. The first-order chi connectivity index (χ1) is 11.3. The van der Waals surface area contributed by atoms with E-state index in [0.717, 1.165) is 11.1 Å². The first-order valence-corrected chi connectivity index (χ1v) is 8.28. The number of carbonyl (C=O) groups is 2. The number of Topliss-reactive ketones (excluding diaryl/α,β-unsaturated/α-hetero) is 1. The minimum atomic E-state index is -0.845. The fraction of sp³-hybridized carbons (Fsp3) is 0.263. The molecule has 1 atom stereocenters. The number of hydrogen-bond acceptors (Lipinski definition) is 3. The SMILES string of the molecule is Cc1ccc(C(=O)[C@@H](C)OC(=O)Cc2ccc(Cl)c(Cl)c2)cc1C. The molecule has 3 nitrogen and oxygen atoms in total. The molecule has 0 aliphatic carbocycles. The van der Waals surface area contributed by atoms with Crippen molar-refractivity contribution in [1.82, 2.24) is 0 Å². The topological polar surface area (TPSA) is 43.4 Å². The fourth-order valence-electron chi connectivity index (χ4n) is 2.24. The van der Waals surface area contributed by atoms with Crippen LogP contribution in [-0.4, -0.2) is 17.9 Å². The number of rotatable bonds is 5. The van der Waals surface area contributed by atoms with Crippen LogP contribution in [0.15, 0.2) is 36.4 Å². The lowest BCUT2D eigenvalue weighted by molar-refractivity contribution is -0.145. The van der Waals surface area contributed by atoms with Crippen LogP contribution in [0.25, 0.3) is 0 Å². The Morgan fingerprint density at radius 2 is 1.71 bits per heavy atom. The van der Waals surface area contributed by atoms with Gasteiger partial charge in [-0.15, -0.1) is 0 Å². The molecule has 0 aliphatic rings. The molecular weight excluding hydrogens is 347 g/mol. The maximum atomic E-state index is 12.4. The third-order valence-corrected chi connectivity index (χ3v) is 4.54. The number of halogens is 2. The average molecular weight is 365 g/mol. The maximum Gasteiger partial charge on any atom is 0.310 e. The van der Waals surface area contributed by atoms with Gasteiger partial charge in [-0.05, 0) is 55.7 Å². The van der Waals surface area contributed by atoms with E-state index in [9.17, 15) is 9.59 Å². The van der Waals surface area contributed by atoms with Gasteiger partial charge in [-0.25, -0.2) is 0 Å². The van der Waals surface area contributed by atoms with Crippen molar-refractivity contribution in [2.45, 2.75) is 33.3 Å². The molecule has 0 saturated carbocycles. The highest BCUT2D eigenvalue weighted by Crippen LogP contribution is 2.23. The Kier molecular flexibility index (Phi) is 6.03. The number of ether oxygens (including phenoxy) is 1. The van der Waals surface area contributed by atoms with Crippen molar-refractivity contribution in [2.24, 2.45) is 0 Å². The minimum Gasteiger partial charge on any atom is -0.454 e. The van der Waals surface area contributed by atoms with E-state index in [4.69, 9.17) is 27.9 Å². The van der Waals surface area contributed by atoms with E-state index in [-0.39, 0.29) is 12.2 Å². The van der Waals surface area contributed by atoms with E-state index in [1.54, 1.807) is 37.3 Å². The molecule has 0 unspecified atom stereocenters. The molecule has 0 N–H and O–H groups in total. The van der Waals surface area contributed by atoms with Crippen molar-refractivity contribution in [2.75, 3.05) is 0 Å². The van der Waals surface area contributed by atoms with Crippen molar-refractivity contribution in [3.8, 4) is 0 Å². The second-order valence-corrected chi connectivity index (χ2v) is 6.54. The molecule has 2 aromatic rings. The van der Waals surface area contributed by atoms with Gasteiger partial charge in [0.25, 0.3) is 0 Å². The third kappa shape index (κ3) is 4.59. The van der Waals surface area contributed by atoms with Crippen molar-refractivity contribution < 1.29 is 14.3 Å². The quantitative estimate of drug-likeness (QED) is 0.555. The second-order valence-electron chi connectivity index (χ2n) is 5.72. The highest BCUT2D eigenvalue weighted by molar-refractivity contribution is 6.42. The molecule has 0 heterocycles. The Bertz CT molecular complexity index is 784. The molecule has 0 fully saturated rings. The molecule has 0 saturated heterocycles. The van der Waals surface area contributed by atoms with Crippen molar-refractivity contribution in [3.63, 3.8) is 0 Å². The molecule has 126 valence electrons. The first-order valence-electron chi connectivity index (χ1n) is 7.53. The first kappa shape index (κ1) is 18.5. The highest BCUT2D eigenvalue weighted by Gasteiger charge is 2.20. The Hall–Kier alpha value is -1.84. The maximum absolute atomic E-state index is 12.4. The summed E-state index contributed by atoms with van der Waals surface area (Å²) in [5.41, 5.74) is 3.35. The number of esters is 1. The molecular formula is C19H18Cl2O3. The molecule has 0 radical (unpaired) electrons. The zero-order valence-corrected chi connectivity index (χ0v) is 15.2. The normalized spacial score (nSPS) is 11.9. The molecule has 0 aromatic heterocycles. The number of ketones is 1. The van der Waals surface area contributed by atoms with Crippen LogP contribution in [0.5, 0.6) is 0 Å². The van der Waals surface area contributed by atoms with E-state index >= 15 is 0 Å². The molecule has 0 aliphatic heterocycles. The van der Waals surface area contributed by atoms with Gasteiger partial charge in [-0.2, -0.15) is 0 Å². The monoisotopic (exact) mass is 364 g/mol. The van der Waals surface area contributed by atoms with Gasteiger partial charge in [0, 0.05) is 5.56 Å². The Labute approximate surface area is 151 Å². The number of benzene rings is 2. The average Bonchev–Trinajstić information content (AvgIpc) is 2.52. The number of carbonyl (C=O) groups excluding carboxylic acids is 2. The summed E-state index contributed by atoms with van der Waals surface area (Å²) < 4.78 is 5.25. The molecule has 0 bridgehead atoms. The summed E-state index contributed by atoms with van der Waals surface area (Å²) in [6.07, 6.45) is -0.816. The van der Waals surface area contributed by atoms with Crippen LogP contribution in [-0.2, 0) is 16.0 Å². The summed E-state index contributed by atoms with van der Waals surface area (Å²) in [5.74, 6) is -0.710. The summed E-state index contributed by atoms with van der Waals surface area (Å²) >= 11 is 11.8. The molecule has 2 rings (SSSR count). The van der Waals surface area contributed by atoms with Crippen molar-refractivity contribution in [1.29, 1.82) is 0 Å². The van der Waals surface area contributed by atoms with Gasteiger partial charge < -0.3 is 4.74 Å². The predicted octanol–water partition coefficient (Wildman–Crippen LogP) is 4.97. The van der Waals surface area contributed by atoms with E-state index in [0.29, 0.717) is 21.2 Å². The third-order valence-electron chi connectivity index (χ3n) is 3.80. The molecule has 0 amide bonds. The Balaban J connectivity index is 2.01. The zero-order chi connectivity index (χ0) is 17.9. The predicted molar refractivity (Wildman–Crippen MR) is 96.0 cm³/mol. The summed E-state index contributed by atoms with van der Waals surface area (Å²) in [7, 11) is 0. The van der Waals surface area contributed by atoms with Crippen LogP contribution in [0.3, 0.4) is 0 Å². The lowest BCUT2D eigenvalue weighted by atomic mass is 10.0. The van der Waals surface area contributed by atoms with Gasteiger partial charge >= 0.3 is 5.97 Å². The molecule has 2 aromatic carbocycles. The van der Waals surface area contributed by atoms with E-state index in [1.165, 1.54) is 0 Å². The van der Waals surface area contributed by atoms with E-state index in [2.05, 4.69) is 0 Å². The summed E-state index contributed by atoms with van der Waals surface area (Å²) in [6, 6.07) is 10.4. The lowest BCUT2D eigenvalue weighted by Crippen LogP contribution is -2.25.